The van der Waals surface area contributed by atoms with Crippen molar-refractivity contribution in [2.75, 3.05) is 13.1 Å². The molecule has 1 unspecified atom stereocenters. The van der Waals surface area contributed by atoms with Crippen molar-refractivity contribution in [1.82, 2.24) is 20.2 Å². The van der Waals surface area contributed by atoms with Gasteiger partial charge in [-0.2, -0.15) is 0 Å². The van der Waals surface area contributed by atoms with E-state index >= 15 is 0 Å². The molecule has 0 aromatic carbocycles. The Morgan fingerprint density at radius 3 is 2.95 bits per heavy atom. The molecule has 1 aromatic heterocycles. The third kappa shape index (κ3) is 3.51. The van der Waals surface area contributed by atoms with E-state index in [0.29, 0.717) is 12.5 Å². The number of H-pyrrole nitrogens is 1. The number of rotatable bonds is 5. The first-order valence-corrected chi connectivity index (χ1v) is 8.74. The van der Waals surface area contributed by atoms with Crippen LogP contribution < -0.4 is 5.32 Å². The quantitative estimate of drug-likeness (QED) is 0.878. The van der Waals surface area contributed by atoms with Gasteiger partial charge < -0.3 is 10.3 Å². The molecule has 3 rings (SSSR count). The Morgan fingerprint density at radius 1 is 1.36 bits per heavy atom. The van der Waals surface area contributed by atoms with Gasteiger partial charge in [0, 0.05) is 24.7 Å². The van der Waals surface area contributed by atoms with Crippen LogP contribution in [0.3, 0.4) is 0 Å². The number of amides is 1. The van der Waals surface area contributed by atoms with E-state index in [9.17, 15) is 4.79 Å². The Morgan fingerprint density at radius 2 is 2.18 bits per heavy atom. The van der Waals surface area contributed by atoms with Crippen molar-refractivity contribution in [3.05, 3.63) is 17.2 Å². The van der Waals surface area contributed by atoms with E-state index in [2.05, 4.69) is 15.2 Å². The Hall–Kier alpha value is -1.36. The smallest absolute Gasteiger partial charge is 0.221 e. The second kappa shape index (κ2) is 6.82. The molecule has 122 valence electrons. The fraction of sp³-hybridized carbons (Fsp3) is 0.765. The Kier molecular flexibility index (Phi) is 4.81. The van der Waals surface area contributed by atoms with Crippen LogP contribution in [0.5, 0.6) is 0 Å². The molecule has 1 fully saturated rings. The maximum Gasteiger partial charge on any atom is 0.221 e. The normalized spacial score (nSPS) is 22.0. The summed E-state index contributed by atoms with van der Waals surface area (Å²) in [6.07, 6.45) is 7.73. The van der Waals surface area contributed by atoms with Crippen molar-refractivity contribution in [2.45, 2.75) is 70.9 Å². The highest BCUT2D eigenvalue weighted by atomic mass is 16.1. The average Bonchev–Trinajstić information content (AvgIpc) is 3.10. The van der Waals surface area contributed by atoms with Crippen molar-refractivity contribution in [3.63, 3.8) is 0 Å². The number of nitrogens with one attached hydrogen (secondary N) is 2. The lowest BCUT2D eigenvalue weighted by Crippen LogP contribution is -2.34. The van der Waals surface area contributed by atoms with Crippen LogP contribution in [0.15, 0.2) is 0 Å². The van der Waals surface area contributed by atoms with Crippen molar-refractivity contribution in [3.8, 4) is 0 Å². The molecule has 1 atom stereocenters. The van der Waals surface area contributed by atoms with Gasteiger partial charge in [-0.05, 0) is 58.9 Å². The highest BCUT2D eigenvalue weighted by Crippen LogP contribution is 2.32. The minimum atomic E-state index is 0.152. The molecule has 5 heteroatoms. The van der Waals surface area contributed by atoms with Crippen molar-refractivity contribution in [1.29, 1.82) is 0 Å². The molecule has 2 N–H and O–H groups in total. The maximum absolute atomic E-state index is 11.9. The lowest BCUT2D eigenvalue weighted by molar-refractivity contribution is -0.121. The van der Waals surface area contributed by atoms with Crippen LogP contribution in [0.4, 0.5) is 0 Å². The topological polar surface area (TPSA) is 61.0 Å². The first-order valence-electron chi connectivity index (χ1n) is 8.74. The minimum Gasteiger partial charge on any atom is -0.354 e. The van der Waals surface area contributed by atoms with Gasteiger partial charge in [-0.1, -0.05) is 0 Å². The largest absolute Gasteiger partial charge is 0.354 e. The van der Waals surface area contributed by atoms with Crippen LogP contribution in [0.2, 0.25) is 0 Å². The molecule has 0 saturated carbocycles. The number of imidazole rings is 1. The fourth-order valence-electron chi connectivity index (χ4n) is 3.68. The summed E-state index contributed by atoms with van der Waals surface area (Å²) >= 11 is 0. The summed E-state index contributed by atoms with van der Waals surface area (Å²) in [6.45, 7) is 5.91. The minimum absolute atomic E-state index is 0.152. The standard InChI is InChI=1S/C17H28N4O/c1-12(2)18-16(22)9-11-21-10-5-8-15(21)17-19-13-6-3-4-7-14(13)20-17/h12,15H,3-11H2,1-2H3,(H,18,22)(H,19,20). The summed E-state index contributed by atoms with van der Waals surface area (Å²) < 4.78 is 0. The van der Waals surface area contributed by atoms with Crippen molar-refractivity contribution in [2.24, 2.45) is 0 Å². The number of hydrogen-bond acceptors (Lipinski definition) is 3. The first-order chi connectivity index (χ1) is 10.6. The molecule has 22 heavy (non-hydrogen) atoms. The number of nitrogens with zero attached hydrogens (tertiary/aromatic N) is 2. The summed E-state index contributed by atoms with van der Waals surface area (Å²) in [7, 11) is 0. The number of aromatic amines is 1. The van der Waals surface area contributed by atoms with Gasteiger partial charge in [0.15, 0.2) is 0 Å². The second-order valence-electron chi connectivity index (χ2n) is 6.92. The zero-order chi connectivity index (χ0) is 15.5. The Bertz CT molecular complexity index is 499. The molecule has 2 aliphatic rings. The number of likely N-dealkylation sites (tertiary alicyclic amines) is 1. The number of carbonyl (C=O) groups excluding carboxylic acids is 1. The monoisotopic (exact) mass is 304 g/mol. The molecule has 1 aromatic rings. The van der Waals surface area contributed by atoms with E-state index in [1.165, 1.54) is 30.7 Å². The van der Waals surface area contributed by atoms with Crippen LogP contribution in [0, 0.1) is 0 Å². The van der Waals surface area contributed by atoms with E-state index in [1.807, 2.05) is 13.8 Å². The predicted octanol–water partition coefficient (Wildman–Crippen LogP) is 2.34. The molecule has 1 aliphatic heterocycles. The molecule has 1 saturated heterocycles. The van der Waals surface area contributed by atoms with Crippen LogP contribution in [0.1, 0.15) is 69.2 Å². The highest BCUT2D eigenvalue weighted by molar-refractivity contribution is 5.76. The number of aromatic nitrogens is 2. The zero-order valence-electron chi connectivity index (χ0n) is 13.8. The van der Waals surface area contributed by atoms with Crippen molar-refractivity contribution < 1.29 is 4.79 Å². The van der Waals surface area contributed by atoms with Gasteiger partial charge in [-0.15, -0.1) is 0 Å². The third-order valence-electron chi connectivity index (χ3n) is 4.73. The summed E-state index contributed by atoms with van der Waals surface area (Å²) in [5.41, 5.74) is 2.64. The van der Waals surface area contributed by atoms with Crippen molar-refractivity contribution >= 4 is 5.91 Å². The van der Waals surface area contributed by atoms with Gasteiger partial charge >= 0.3 is 0 Å². The van der Waals surface area contributed by atoms with E-state index in [0.717, 1.165) is 38.2 Å². The summed E-state index contributed by atoms with van der Waals surface area (Å²) in [5.74, 6) is 1.29. The molecule has 0 radical (unpaired) electrons. The zero-order valence-corrected chi connectivity index (χ0v) is 13.8. The van der Waals surface area contributed by atoms with E-state index in [4.69, 9.17) is 4.98 Å². The van der Waals surface area contributed by atoms with Gasteiger partial charge in [0.05, 0.1) is 11.7 Å². The molecule has 1 aliphatic carbocycles. The molecular formula is C17H28N4O. The fourth-order valence-corrected chi connectivity index (χ4v) is 3.68. The summed E-state index contributed by atoms with van der Waals surface area (Å²) in [5, 5.41) is 2.97. The Labute approximate surface area is 132 Å². The first kappa shape index (κ1) is 15.5. The third-order valence-corrected chi connectivity index (χ3v) is 4.73. The summed E-state index contributed by atoms with van der Waals surface area (Å²) in [6, 6.07) is 0.594. The van der Waals surface area contributed by atoms with Crippen LogP contribution in [0.25, 0.3) is 0 Å². The van der Waals surface area contributed by atoms with E-state index in [1.54, 1.807) is 0 Å². The lowest BCUT2D eigenvalue weighted by atomic mass is 10.0. The maximum atomic E-state index is 11.9. The Balaban J connectivity index is 1.60. The van der Waals surface area contributed by atoms with E-state index in [-0.39, 0.29) is 11.9 Å². The molecule has 5 nitrogen and oxygen atoms in total. The van der Waals surface area contributed by atoms with Gasteiger partial charge in [0.25, 0.3) is 0 Å². The predicted molar refractivity (Wildman–Crippen MR) is 86.7 cm³/mol. The number of fused-ring (bicyclic) bond motifs is 1. The van der Waals surface area contributed by atoms with Gasteiger partial charge in [-0.3, -0.25) is 9.69 Å². The molecule has 0 bridgehead atoms. The van der Waals surface area contributed by atoms with Gasteiger partial charge in [0.1, 0.15) is 5.82 Å². The van der Waals surface area contributed by atoms with Crippen LogP contribution in [-0.2, 0) is 17.6 Å². The highest BCUT2D eigenvalue weighted by Gasteiger charge is 2.29. The SMILES string of the molecule is CC(C)NC(=O)CCN1CCCC1c1nc2c([nH]1)CCCC2. The second-order valence-corrected chi connectivity index (χ2v) is 6.92. The molecule has 2 heterocycles. The van der Waals surface area contributed by atoms with Crippen LogP contribution >= 0.6 is 0 Å². The molecular weight excluding hydrogens is 276 g/mol. The number of hydrogen-bond donors (Lipinski definition) is 2. The van der Waals surface area contributed by atoms with Gasteiger partial charge in [-0.25, -0.2) is 4.98 Å². The molecule has 0 spiro atoms. The average molecular weight is 304 g/mol. The van der Waals surface area contributed by atoms with Crippen LogP contribution in [-0.4, -0.2) is 39.9 Å². The summed E-state index contributed by atoms with van der Waals surface area (Å²) in [4.78, 5) is 22.7. The number of aryl methyl sites for hydroxylation is 2. The molecule has 1 amide bonds. The van der Waals surface area contributed by atoms with E-state index < -0.39 is 0 Å². The van der Waals surface area contributed by atoms with Gasteiger partial charge in [0.2, 0.25) is 5.91 Å². The lowest BCUT2D eigenvalue weighted by Gasteiger charge is -2.22. The number of carbonyl (C=O) groups is 1.